The highest BCUT2D eigenvalue weighted by atomic mass is 32.1. The first-order valence-corrected chi connectivity index (χ1v) is 5.37. The Morgan fingerprint density at radius 1 is 1.65 bits per heavy atom. The Kier molecular flexibility index (Phi) is 5.01. The van der Waals surface area contributed by atoms with Crippen LogP contribution < -0.4 is 5.73 Å². The van der Waals surface area contributed by atoms with Crippen LogP contribution in [0.3, 0.4) is 0 Å². The summed E-state index contributed by atoms with van der Waals surface area (Å²) >= 11 is 0.939. The summed E-state index contributed by atoms with van der Waals surface area (Å²) in [5, 5.41) is 12.1. The third-order valence-electron chi connectivity index (χ3n) is 1.57. The lowest BCUT2D eigenvalue weighted by Gasteiger charge is -1.97. The molecule has 0 aromatic carbocycles. The Hall–Kier alpha value is -2.03. The topological polar surface area (TPSA) is 128 Å². The van der Waals surface area contributed by atoms with Crippen molar-refractivity contribution in [2.75, 3.05) is 12.3 Å². The molecule has 0 radical (unpaired) electrons. The van der Waals surface area contributed by atoms with Gasteiger partial charge in [0.2, 0.25) is 0 Å². The summed E-state index contributed by atoms with van der Waals surface area (Å²) in [7, 11) is 0. The number of nitrogens with zero attached hydrogens (tertiary/aromatic N) is 3. The Labute approximate surface area is 100 Å². The van der Waals surface area contributed by atoms with Gasteiger partial charge in [0, 0.05) is 18.0 Å². The highest BCUT2D eigenvalue weighted by Gasteiger charge is 2.09. The van der Waals surface area contributed by atoms with Crippen LogP contribution in [0.4, 0.5) is 5.13 Å². The van der Waals surface area contributed by atoms with Crippen molar-refractivity contribution in [3.8, 4) is 0 Å². The number of oxime groups is 1. The molecule has 0 amide bonds. The number of nitrogens with two attached hydrogens (primary N) is 1. The second kappa shape index (κ2) is 6.53. The molecule has 0 spiro atoms. The van der Waals surface area contributed by atoms with Crippen LogP contribution in [0.2, 0.25) is 0 Å². The first-order valence-electron chi connectivity index (χ1n) is 4.60. The molecule has 0 bridgehead atoms. The lowest BCUT2D eigenvalue weighted by Crippen LogP contribution is -2.07. The van der Waals surface area contributed by atoms with E-state index in [1.807, 2.05) is 0 Å². The monoisotopic (exact) mass is 258 g/mol. The van der Waals surface area contributed by atoms with E-state index >= 15 is 0 Å². The van der Waals surface area contributed by atoms with Crippen molar-refractivity contribution >= 4 is 34.6 Å². The van der Waals surface area contributed by atoms with Gasteiger partial charge in [0.25, 0.3) is 0 Å². The van der Waals surface area contributed by atoms with Crippen LogP contribution in [-0.4, -0.2) is 39.0 Å². The van der Waals surface area contributed by atoms with E-state index in [1.54, 1.807) is 0 Å². The van der Waals surface area contributed by atoms with Gasteiger partial charge in [0.15, 0.2) is 23.0 Å². The Balaban J connectivity index is 2.45. The van der Waals surface area contributed by atoms with E-state index in [2.05, 4.69) is 14.5 Å². The lowest BCUT2D eigenvalue weighted by atomic mass is 10.3. The minimum absolute atomic E-state index is 0.0200. The number of aliphatic carboxylic acids is 1. The maximum Gasteiger partial charge on any atom is 0.303 e. The summed E-state index contributed by atoms with van der Waals surface area (Å²) in [5.41, 5.74) is 5.27. The van der Waals surface area contributed by atoms with Crippen LogP contribution in [0.1, 0.15) is 18.7 Å². The summed E-state index contributed by atoms with van der Waals surface area (Å²) in [4.78, 5) is 29.4. The number of aromatic nitrogens is 2. The number of carbonyl (C=O) groups excluding carboxylic acids is 1. The number of carboxylic acids is 1. The van der Waals surface area contributed by atoms with Crippen LogP contribution in [0.15, 0.2) is 5.16 Å². The smallest absolute Gasteiger partial charge is 0.303 e. The van der Waals surface area contributed by atoms with Gasteiger partial charge < -0.3 is 15.7 Å². The van der Waals surface area contributed by atoms with Crippen molar-refractivity contribution in [3.63, 3.8) is 0 Å². The Morgan fingerprint density at radius 2 is 2.41 bits per heavy atom. The zero-order valence-electron chi connectivity index (χ0n) is 8.70. The fraction of sp³-hybridized carbons (Fsp3) is 0.375. The molecule has 3 N–H and O–H groups in total. The van der Waals surface area contributed by atoms with E-state index in [-0.39, 0.29) is 29.7 Å². The van der Waals surface area contributed by atoms with Crippen LogP contribution in [-0.2, 0) is 14.4 Å². The van der Waals surface area contributed by atoms with E-state index in [9.17, 15) is 9.59 Å². The molecule has 0 aliphatic carbocycles. The SMILES string of the molecule is Nc1nc(/C(C=O)=N\OCCCC(=O)O)ns1. The second-order valence-electron chi connectivity index (χ2n) is 2.88. The first kappa shape index (κ1) is 13.0. The largest absolute Gasteiger partial charge is 0.481 e. The average Bonchev–Trinajstić information content (AvgIpc) is 2.70. The fourth-order valence-corrected chi connectivity index (χ4v) is 1.30. The molecule has 0 aliphatic rings. The number of nitrogen functional groups attached to an aromatic ring is 1. The molecule has 92 valence electrons. The van der Waals surface area contributed by atoms with Crippen molar-refractivity contribution < 1.29 is 19.5 Å². The number of anilines is 1. The lowest BCUT2D eigenvalue weighted by molar-refractivity contribution is -0.137. The van der Waals surface area contributed by atoms with E-state index in [0.29, 0.717) is 12.7 Å². The van der Waals surface area contributed by atoms with Crippen LogP contribution in [0, 0.1) is 0 Å². The number of rotatable bonds is 7. The van der Waals surface area contributed by atoms with Gasteiger partial charge in [-0.2, -0.15) is 9.36 Å². The number of carbonyl (C=O) groups is 2. The molecule has 0 saturated heterocycles. The molecule has 0 unspecified atom stereocenters. The standard InChI is InChI=1S/C8H10N4O4S/c9-8-10-7(12-17-8)5(4-13)11-16-3-1-2-6(14)15/h4H,1-3H2,(H,14,15)(H2,9,10,12)/b11-5-. The summed E-state index contributed by atoms with van der Waals surface area (Å²) in [6, 6.07) is 0. The van der Waals surface area contributed by atoms with Crippen LogP contribution >= 0.6 is 11.5 Å². The quantitative estimate of drug-likeness (QED) is 0.302. The van der Waals surface area contributed by atoms with E-state index in [1.165, 1.54) is 0 Å². The highest BCUT2D eigenvalue weighted by Crippen LogP contribution is 2.06. The maximum absolute atomic E-state index is 10.7. The number of hydrogen-bond donors (Lipinski definition) is 2. The molecule has 0 fully saturated rings. The molecule has 8 nitrogen and oxygen atoms in total. The molecule has 0 aliphatic heterocycles. The van der Waals surface area contributed by atoms with E-state index < -0.39 is 5.97 Å². The first-order chi connectivity index (χ1) is 8.13. The van der Waals surface area contributed by atoms with Gasteiger partial charge >= 0.3 is 5.97 Å². The maximum atomic E-state index is 10.7. The normalized spacial score (nSPS) is 11.2. The number of carboxylic acid groups (broad SMARTS) is 1. The minimum Gasteiger partial charge on any atom is -0.481 e. The molecule has 9 heteroatoms. The van der Waals surface area contributed by atoms with Gasteiger partial charge in [-0.15, -0.1) is 0 Å². The molecule has 17 heavy (non-hydrogen) atoms. The second-order valence-corrected chi connectivity index (χ2v) is 3.66. The molecule has 0 saturated carbocycles. The fourth-order valence-electron chi connectivity index (χ4n) is 0.857. The summed E-state index contributed by atoms with van der Waals surface area (Å²) in [5.74, 6) is -0.817. The molecule has 0 atom stereocenters. The summed E-state index contributed by atoms with van der Waals surface area (Å²) in [6.07, 6.45) is 0.726. The molecule has 1 aromatic heterocycles. The van der Waals surface area contributed by atoms with Gasteiger partial charge in [0.1, 0.15) is 6.61 Å². The van der Waals surface area contributed by atoms with Crippen molar-refractivity contribution in [1.29, 1.82) is 0 Å². The third-order valence-corrected chi connectivity index (χ3v) is 2.11. The predicted octanol–water partition coefficient (Wildman–Crippen LogP) is -0.0953. The third kappa shape index (κ3) is 4.55. The van der Waals surface area contributed by atoms with E-state index in [4.69, 9.17) is 15.7 Å². The molecular formula is C8H10N4O4S. The molecule has 1 rings (SSSR count). The average molecular weight is 258 g/mol. The zero-order valence-corrected chi connectivity index (χ0v) is 9.51. The number of hydrogen-bond acceptors (Lipinski definition) is 8. The van der Waals surface area contributed by atoms with Crippen molar-refractivity contribution in [1.82, 2.24) is 9.36 Å². The highest BCUT2D eigenvalue weighted by molar-refractivity contribution is 7.09. The predicted molar refractivity (Wildman–Crippen MR) is 59.7 cm³/mol. The minimum atomic E-state index is -0.915. The van der Waals surface area contributed by atoms with Gasteiger partial charge in [-0.05, 0) is 6.42 Å². The van der Waals surface area contributed by atoms with Crippen LogP contribution in [0.25, 0.3) is 0 Å². The van der Waals surface area contributed by atoms with Gasteiger partial charge in [-0.3, -0.25) is 9.59 Å². The van der Waals surface area contributed by atoms with Crippen molar-refractivity contribution in [2.45, 2.75) is 12.8 Å². The zero-order chi connectivity index (χ0) is 12.7. The van der Waals surface area contributed by atoms with Crippen LogP contribution in [0.5, 0.6) is 0 Å². The molecular weight excluding hydrogens is 248 g/mol. The van der Waals surface area contributed by atoms with Crippen molar-refractivity contribution in [3.05, 3.63) is 5.82 Å². The van der Waals surface area contributed by atoms with Gasteiger partial charge in [0.05, 0.1) is 0 Å². The van der Waals surface area contributed by atoms with E-state index in [0.717, 1.165) is 11.5 Å². The Morgan fingerprint density at radius 3 is 2.94 bits per heavy atom. The number of aldehydes is 1. The molecule has 1 aromatic rings. The van der Waals surface area contributed by atoms with Crippen molar-refractivity contribution in [2.24, 2.45) is 5.16 Å². The Bertz CT molecular complexity index is 431. The molecule has 1 heterocycles. The van der Waals surface area contributed by atoms with Gasteiger partial charge in [-0.25, -0.2) is 0 Å². The summed E-state index contributed by atoms with van der Waals surface area (Å²) in [6.45, 7) is 0.100. The summed E-state index contributed by atoms with van der Waals surface area (Å²) < 4.78 is 3.78. The van der Waals surface area contributed by atoms with Gasteiger partial charge in [-0.1, -0.05) is 5.16 Å².